The van der Waals surface area contributed by atoms with Crippen molar-refractivity contribution in [3.05, 3.63) is 58.7 Å². The van der Waals surface area contributed by atoms with Crippen molar-refractivity contribution in [2.24, 2.45) is 0 Å². The summed E-state index contributed by atoms with van der Waals surface area (Å²) < 4.78 is 10.5. The first-order chi connectivity index (χ1) is 11.2. The zero-order valence-electron chi connectivity index (χ0n) is 12.6. The molecule has 23 heavy (non-hydrogen) atoms. The lowest BCUT2D eigenvalue weighted by molar-refractivity contribution is -0.126. The molecule has 3 rings (SSSR count). The van der Waals surface area contributed by atoms with Crippen LogP contribution in [0.25, 0.3) is 11.6 Å². The smallest absolute Gasteiger partial charge is 0.344 e. The second-order valence-corrected chi connectivity index (χ2v) is 5.12. The molecule has 1 aliphatic rings. The minimum absolute atomic E-state index is 0.232. The van der Waals surface area contributed by atoms with Crippen molar-refractivity contribution < 1.29 is 24.5 Å². The summed E-state index contributed by atoms with van der Waals surface area (Å²) in [6.45, 7) is -0.467. The third kappa shape index (κ3) is 2.72. The molecule has 1 aliphatic heterocycles. The minimum Gasteiger partial charge on any atom is -0.496 e. The molecular weight excluding hydrogens is 296 g/mol. The number of fused-ring (bicyclic) bond motifs is 1. The number of hydrogen-bond donors (Lipinski definition) is 2. The van der Waals surface area contributed by atoms with Gasteiger partial charge in [0.15, 0.2) is 0 Å². The summed E-state index contributed by atoms with van der Waals surface area (Å²) in [7, 11) is 1.49. The first-order valence-corrected chi connectivity index (χ1v) is 7.12. The van der Waals surface area contributed by atoms with E-state index in [-0.39, 0.29) is 13.2 Å². The first-order valence-electron chi connectivity index (χ1n) is 7.12. The van der Waals surface area contributed by atoms with E-state index >= 15 is 0 Å². The molecule has 0 radical (unpaired) electrons. The molecule has 0 aliphatic carbocycles. The standard InChI is InChI=1S/C18H16O5/c1-22-17-8-11(6-12(9-19)15(17)10-20)7-14-13-4-2-3-5-16(13)23-18(14)21/h2-8,19-20H,9-10H2,1H3. The van der Waals surface area contributed by atoms with Crippen molar-refractivity contribution in [1.29, 1.82) is 0 Å². The van der Waals surface area contributed by atoms with Crippen molar-refractivity contribution in [2.45, 2.75) is 13.2 Å². The largest absolute Gasteiger partial charge is 0.496 e. The van der Waals surface area contributed by atoms with E-state index in [0.29, 0.717) is 33.8 Å². The highest BCUT2D eigenvalue weighted by atomic mass is 16.5. The molecular formula is C18H16O5. The van der Waals surface area contributed by atoms with Crippen LogP contribution in [0, 0.1) is 0 Å². The molecule has 0 spiro atoms. The third-order valence-electron chi connectivity index (χ3n) is 3.78. The Kier molecular flexibility index (Phi) is 4.14. The van der Waals surface area contributed by atoms with Gasteiger partial charge in [-0.05, 0) is 35.4 Å². The predicted molar refractivity (Wildman–Crippen MR) is 84.8 cm³/mol. The molecule has 5 nitrogen and oxygen atoms in total. The number of esters is 1. The van der Waals surface area contributed by atoms with Crippen LogP contribution in [-0.2, 0) is 18.0 Å². The molecule has 2 aromatic carbocycles. The average molecular weight is 312 g/mol. The maximum absolute atomic E-state index is 12.1. The van der Waals surface area contributed by atoms with Crippen LogP contribution in [0.4, 0.5) is 0 Å². The Balaban J connectivity index is 2.11. The van der Waals surface area contributed by atoms with E-state index in [1.54, 1.807) is 30.3 Å². The lowest BCUT2D eigenvalue weighted by Gasteiger charge is -2.12. The Hall–Kier alpha value is -2.63. The van der Waals surface area contributed by atoms with Crippen molar-refractivity contribution >= 4 is 17.6 Å². The quantitative estimate of drug-likeness (QED) is 0.514. The van der Waals surface area contributed by atoms with E-state index in [4.69, 9.17) is 9.47 Å². The van der Waals surface area contributed by atoms with Crippen LogP contribution in [0.5, 0.6) is 11.5 Å². The molecule has 0 saturated heterocycles. The van der Waals surface area contributed by atoms with Gasteiger partial charge in [0.25, 0.3) is 0 Å². The topological polar surface area (TPSA) is 76.0 Å². The molecule has 0 fully saturated rings. The van der Waals surface area contributed by atoms with Gasteiger partial charge in [-0.1, -0.05) is 18.2 Å². The summed E-state index contributed by atoms with van der Waals surface area (Å²) >= 11 is 0. The van der Waals surface area contributed by atoms with Gasteiger partial charge in [-0.3, -0.25) is 0 Å². The summed E-state index contributed by atoms with van der Waals surface area (Å²) in [6.07, 6.45) is 1.69. The van der Waals surface area contributed by atoms with Crippen LogP contribution >= 0.6 is 0 Å². The van der Waals surface area contributed by atoms with E-state index in [2.05, 4.69) is 0 Å². The Morgan fingerprint density at radius 2 is 1.96 bits per heavy atom. The van der Waals surface area contributed by atoms with Crippen molar-refractivity contribution in [1.82, 2.24) is 0 Å². The minimum atomic E-state index is -0.415. The maximum atomic E-state index is 12.1. The van der Waals surface area contributed by atoms with Gasteiger partial charge < -0.3 is 19.7 Å². The number of aliphatic hydroxyl groups excluding tert-OH is 2. The zero-order valence-corrected chi connectivity index (χ0v) is 12.6. The molecule has 0 saturated carbocycles. The predicted octanol–water partition coefficient (Wildman–Crippen LogP) is 2.14. The van der Waals surface area contributed by atoms with Crippen LogP contribution in [0.15, 0.2) is 36.4 Å². The Morgan fingerprint density at radius 3 is 2.65 bits per heavy atom. The van der Waals surface area contributed by atoms with E-state index in [0.717, 1.165) is 5.56 Å². The number of methoxy groups -OCH3 is 1. The summed E-state index contributed by atoms with van der Waals surface area (Å²) in [4.78, 5) is 12.1. The average Bonchev–Trinajstić information content (AvgIpc) is 2.89. The van der Waals surface area contributed by atoms with E-state index < -0.39 is 5.97 Å². The van der Waals surface area contributed by atoms with Gasteiger partial charge >= 0.3 is 5.97 Å². The van der Waals surface area contributed by atoms with Gasteiger partial charge in [0, 0.05) is 11.1 Å². The highest BCUT2D eigenvalue weighted by Gasteiger charge is 2.26. The first kappa shape index (κ1) is 15.3. The fourth-order valence-corrected chi connectivity index (χ4v) is 2.66. The lowest BCUT2D eigenvalue weighted by Crippen LogP contribution is -2.02. The summed E-state index contributed by atoms with van der Waals surface area (Å²) in [5, 5.41) is 18.9. The summed E-state index contributed by atoms with van der Waals surface area (Å²) in [6, 6.07) is 10.6. The molecule has 0 aromatic heterocycles. The number of carbonyl (C=O) groups is 1. The number of rotatable bonds is 4. The highest BCUT2D eigenvalue weighted by Crippen LogP contribution is 2.36. The molecule has 5 heteroatoms. The molecule has 2 N–H and O–H groups in total. The fourth-order valence-electron chi connectivity index (χ4n) is 2.66. The van der Waals surface area contributed by atoms with Gasteiger partial charge in [0.1, 0.15) is 11.5 Å². The third-order valence-corrected chi connectivity index (χ3v) is 3.78. The van der Waals surface area contributed by atoms with E-state index in [1.807, 2.05) is 12.1 Å². The normalized spacial score (nSPS) is 14.7. The Bertz CT molecular complexity index is 767. The number of benzene rings is 2. The van der Waals surface area contributed by atoms with Gasteiger partial charge in [-0.25, -0.2) is 4.79 Å². The highest BCUT2D eigenvalue weighted by molar-refractivity contribution is 6.25. The van der Waals surface area contributed by atoms with Gasteiger partial charge in [0.05, 0.1) is 25.9 Å². The van der Waals surface area contributed by atoms with Crippen molar-refractivity contribution in [2.75, 3.05) is 7.11 Å². The number of para-hydroxylation sites is 1. The van der Waals surface area contributed by atoms with Crippen LogP contribution in [0.3, 0.4) is 0 Å². The molecule has 1 heterocycles. The Labute approximate surface area is 133 Å². The summed E-state index contributed by atoms with van der Waals surface area (Å²) in [5.41, 5.74) is 2.95. The van der Waals surface area contributed by atoms with Crippen molar-refractivity contribution in [3.8, 4) is 11.5 Å². The van der Waals surface area contributed by atoms with E-state index in [9.17, 15) is 15.0 Å². The van der Waals surface area contributed by atoms with Crippen molar-refractivity contribution in [3.63, 3.8) is 0 Å². The van der Waals surface area contributed by atoms with Gasteiger partial charge in [-0.2, -0.15) is 0 Å². The zero-order chi connectivity index (χ0) is 16.4. The fraction of sp³-hybridized carbons (Fsp3) is 0.167. The van der Waals surface area contributed by atoms with Gasteiger partial charge in [-0.15, -0.1) is 0 Å². The van der Waals surface area contributed by atoms with Crippen LogP contribution < -0.4 is 9.47 Å². The van der Waals surface area contributed by atoms with Gasteiger partial charge in [0.2, 0.25) is 0 Å². The monoisotopic (exact) mass is 312 g/mol. The number of aliphatic hydroxyl groups is 2. The second-order valence-electron chi connectivity index (χ2n) is 5.12. The number of carbonyl (C=O) groups excluding carboxylic acids is 1. The Morgan fingerprint density at radius 1 is 1.17 bits per heavy atom. The molecule has 0 atom stereocenters. The molecule has 0 unspecified atom stereocenters. The van der Waals surface area contributed by atoms with Crippen LogP contribution in [0.2, 0.25) is 0 Å². The second kappa shape index (κ2) is 6.24. The number of ether oxygens (including phenoxy) is 2. The van der Waals surface area contributed by atoms with Crippen LogP contribution in [-0.4, -0.2) is 23.3 Å². The van der Waals surface area contributed by atoms with E-state index in [1.165, 1.54) is 7.11 Å². The molecule has 0 amide bonds. The molecule has 2 aromatic rings. The maximum Gasteiger partial charge on any atom is 0.344 e. The molecule has 118 valence electrons. The lowest BCUT2D eigenvalue weighted by atomic mass is 9.99. The summed E-state index contributed by atoms with van der Waals surface area (Å²) in [5.74, 6) is 0.581. The molecule has 0 bridgehead atoms. The number of hydrogen-bond acceptors (Lipinski definition) is 5. The van der Waals surface area contributed by atoms with Crippen LogP contribution in [0.1, 0.15) is 22.3 Å². The SMILES string of the molecule is COc1cc(C=C2C(=O)Oc3ccccc32)cc(CO)c1CO.